The fourth-order valence-electron chi connectivity index (χ4n) is 3.35. The summed E-state index contributed by atoms with van der Waals surface area (Å²) in [5.74, 6) is -0.461. The molecule has 2 amide bonds. The van der Waals surface area contributed by atoms with E-state index in [2.05, 4.69) is 21.7 Å². The summed E-state index contributed by atoms with van der Waals surface area (Å²) in [5.41, 5.74) is 3.17. The van der Waals surface area contributed by atoms with E-state index < -0.39 is 17.8 Å². The van der Waals surface area contributed by atoms with Crippen LogP contribution in [0.1, 0.15) is 29.8 Å². The van der Waals surface area contributed by atoms with Crippen LogP contribution < -0.4 is 15.4 Å². The fraction of sp³-hybridized carbons (Fsp3) is 0.261. The molecule has 0 aliphatic carbocycles. The van der Waals surface area contributed by atoms with Crippen molar-refractivity contribution >= 4 is 28.3 Å². The molecular formula is C23H22FN3O3S. The molecule has 3 aromatic rings. The lowest BCUT2D eigenvalue weighted by Gasteiger charge is -2.21. The van der Waals surface area contributed by atoms with E-state index in [0.717, 1.165) is 29.0 Å². The lowest BCUT2D eigenvalue weighted by Crippen LogP contribution is -2.47. The second-order valence-corrected chi connectivity index (χ2v) is 8.51. The van der Waals surface area contributed by atoms with Crippen molar-refractivity contribution in [2.75, 3.05) is 11.9 Å². The number of aromatic nitrogens is 1. The Balaban J connectivity index is 1.44. The van der Waals surface area contributed by atoms with Crippen molar-refractivity contribution in [1.29, 1.82) is 0 Å². The molecule has 0 spiro atoms. The highest BCUT2D eigenvalue weighted by atomic mass is 32.1. The van der Waals surface area contributed by atoms with Crippen LogP contribution in [-0.4, -0.2) is 29.4 Å². The Kier molecular flexibility index (Phi) is 5.99. The Morgan fingerprint density at radius 2 is 1.94 bits per heavy atom. The highest BCUT2D eigenvalue weighted by Gasteiger charge is 2.25. The number of rotatable bonds is 6. The van der Waals surface area contributed by atoms with Crippen LogP contribution in [0.15, 0.2) is 47.8 Å². The summed E-state index contributed by atoms with van der Waals surface area (Å²) in [6.07, 6.45) is 0.876. The molecule has 0 radical (unpaired) electrons. The van der Waals surface area contributed by atoms with Gasteiger partial charge in [-0.05, 0) is 53.9 Å². The third kappa shape index (κ3) is 4.74. The van der Waals surface area contributed by atoms with Gasteiger partial charge in [-0.3, -0.25) is 9.59 Å². The number of hydrogen-bond donors (Lipinski definition) is 2. The largest absolute Gasteiger partial charge is 0.493 e. The average molecular weight is 440 g/mol. The van der Waals surface area contributed by atoms with Gasteiger partial charge in [-0.25, -0.2) is 9.37 Å². The predicted molar refractivity (Wildman–Crippen MR) is 118 cm³/mol. The zero-order valence-corrected chi connectivity index (χ0v) is 18.0. The van der Waals surface area contributed by atoms with Gasteiger partial charge in [0, 0.05) is 22.9 Å². The number of carbonyl (C=O) groups is 2. The Morgan fingerprint density at radius 3 is 2.68 bits per heavy atom. The third-order valence-corrected chi connectivity index (χ3v) is 5.82. The molecule has 1 aliphatic rings. The molecule has 8 heteroatoms. The topological polar surface area (TPSA) is 80.3 Å². The molecule has 6 nitrogen and oxygen atoms in total. The Labute approximate surface area is 183 Å². The van der Waals surface area contributed by atoms with Gasteiger partial charge >= 0.3 is 0 Å². The van der Waals surface area contributed by atoms with E-state index >= 15 is 0 Å². The van der Waals surface area contributed by atoms with E-state index in [1.54, 1.807) is 0 Å². The maximum atomic E-state index is 13.1. The van der Waals surface area contributed by atoms with Crippen LogP contribution >= 0.6 is 11.3 Å². The fourth-order valence-corrected chi connectivity index (χ4v) is 4.08. The zero-order chi connectivity index (χ0) is 22.0. The molecule has 0 saturated carbocycles. The molecule has 2 aromatic carbocycles. The van der Waals surface area contributed by atoms with Crippen molar-refractivity contribution in [2.45, 2.75) is 26.3 Å². The maximum absolute atomic E-state index is 13.1. The summed E-state index contributed by atoms with van der Waals surface area (Å²) >= 11 is 1.32. The zero-order valence-electron chi connectivity index (χ0n) is 17.1. The summed E-state index contributed by atoms with van der Waals surface area (Å²) in [7, 11) is 0. The molecule has 160 valence electrons. The van der Waals surface area contributed by atoms with Crippen LogP contribution in [0, 0.1) is 11.7 Å². The van der Waals surface area contributed by atoms with Gasteiger partial charge in [0.2, 0.25) is 5.91 Å². The van der Waals surface area contributed by atoms with Crippen LogP contribution in [0.3, 0.4) is 0 Å². The van der Waals surface area contributed by atoms with Crippen LogP contribution in [0.4, 0.5) is 9.52 Å². The van der Waals surface area contributed by atoms with Gasteiger partial charge in [0.15, 0.2) is 5.13 Å². The number of carbonyl (C=O) groups excluding carboxylic acids is 2. The monoisotopic (exact) mass is 439 g/mol. The SMILES string of the molecule is CC(C)[C@H](NC(=O)c1ccc(F)cc1)C(=O)Nc1nc(-c2ccc3c(c2)CCO3)cs1. The summed E-state index contributed by atoms with van der Waals surface area (Å²) in [6.45, 7) is 4.38. The predicted octanol–water partition coefficient (Wildman–Crippen LogP) is 4.28. The summed E-state index contributed by atoms with van der Waals surface area (Å²) in [5, 5.41) is 7.87. The van der Waals surface area contributed by atoms with E-state index in [4.69, 9.17) is 4.74 Å². The minimum Gasteiger partial charge on any atom is -0.493 e. The number of ether oxygens (including phenoxy) is 1. The lowest BCUT2D eigenvalue weighted by atomic mass is 10.0. The van der Waals surface area contributed by atoms with Crippen molar-refractivity contribution in [2.24, 2.45) is 5.92 Å². The summed E-state index contributed by atoms with van der Waals surface area (Å²) < 4.78 is 18.6. The first-order valence-corrected chi connectivity index (χ1v) is 10.9. The van der Waals surface area contributed by atoms with Gasteiger partial charge in [-0.15, -0.1) is 11.3 Å². The molecule has 2 N–H and O–H groups in total. The summed E-state index contributed by atoms with van der Waals surface area (Å²) in [6, 6.07) is 10.4. The molecule has 0 unspecified atom stereocenters. The number of hydrogen-bond acceptors (Lipinski definition) is 5. The summed E-state index contributed by atoms with van der Waals surface area (Å²) in [4.78, 5) is 29.8. The normalized spacial score (nSPS) is 13.4. The van der Waals surface area contributed by atoms with E-state index in [9.17, 15) is 14.0 Å². The highest BCUT2D eigenvalue weighted by molar-refractivity contribution is 7.14. The van der Waals surface area contributed by atoms with Crippen LogP contribution in [-0.2, 0) is 11.2 Å². The van der Waals surface area contributed by atoms with E-state index in [0.29, 0.717) is 11.7 Å². The quantitative estimate of drug-likeness (QED) is 0.601. The van der Waals surface area contributed by atoms with Crippen molar-refractivity contribution in [3.8, 4) is 17.0 Å². The number of fused-ring (bicyclic) bond motifs is 1. The van der Waals surface area contributed by atoms with Gasteiger partial charge in [0.1, 0.15) is 17.6 Å². The number of anilines is 1. The molecule has 0 fully saturated rings. The van der Waals surface area contributed by atoms with E-state index in [1.807, 2.05) is 31.4 Å². The molecular weight excluding hydrogens is 417 g/mol. The Bertz CT molecular complexity index is 1110. The second-order valence-electron chi connectivity index (χ2n) is 7.65. The molecule has 2 heterocycles. The third-order valence-electron chi connectivity index (χ3n) is 5.06. The lowest BCUT2D eigenvalue weighted by molar-refractivity contribution is -0.118. The number of thiazole rings is 1. The molecule has 1 aliphatic heterocycles. The van der Waals surface area contributed by atoms with Crippen LogP contribution in [0.2, 0.25) is 0 Å². The first-order chi connectivity index (χ1) is 14.9. The molecule has 4 rings (SSSR count). The molecule has 1 aromatic heterocycles. The molecule has 0 bridgehead atoms. The minimum absolute atomic E-state index is 0.152. The second kappa shape index (κ2) is 8.85. The molecule has 31 heavy (non-hydrogen) atoms. The van der Waals surface area contributed by atoms with Crippen LogP contribution in [0.25, 0.3) is 11.3 Å². The van der Waals surface area contributed by atoms with Crippen LogP contribution in [0.5, 0.6) is 5.75 Å². The first-order valence-electron chi connectivity index (χ1n) is 9.99. The van der Waals surface area contributed by atoms with Crippen molar-refractivity contribution < 1.29 is 18.7 Å². The standard InChI is InChI=1S/C23H22FN3O3S/c1-13(2)20(26-21(28)14-3-6-17(24)7-4-14)22(29)27-23-25-18(12-31-23)15-5-8-19-16(11-15)9-10-30-19/h3-8,11-13,20H,9-10H2,1-2H3,(H,26,28)(H,25,27,29)/t20-/m0/s1. The minimum atomic E-state index is -0.762. The Morgan fingerprint density at radius 1 is 1.16 bits per heavy atom. The van der Waals surface area contributed by atoms with E-state index in [-0.39, 0.29) is 17.4 Å². The number of amides is 2. The Hall–Kier alpha value is -3.26. The van der Waals surface area contributed by atoms with E-state index in [1.165, 1.54) is 35.6 Å². The molecule has 1 atom stereocenters. The molecule has 0 saturated heterocycles. The first kappa shape index (κ1) is 21.0. The van der Waals surface area contributed by atoms with Gasteiger partial charge in [-0.1, -0.05) is 13.8 Å². The van der Waals surface area contributed by atoms with Gasteiger partial charge in [0.05, 0.1) is 12.3 Å². The number of nitrogens with one attached hydrogen (secondary N) is 2. The number of halogens is 1. The van der Waals surface area contributed by atoms with Gasteiger partial charge in [0.25, 0.3) is 5.91 Å². The van der Waals surface area contributed by atoms with Crippen molar-refractivity contribution in [3.63, 3.8) is 0 Å². The smallest absolute Gasteiger partial charge is 0.251 e. The van der Waals surface area contributed by atoms with Gasteiger partial charge < -0.3 is 15.4 Å². The van der Waals surface area contributed by atoms with Crippen molar-refractivity contribution in [1.82, 2.24) is 10.3 Å². The maximum Gasteiger partial charge on any atom is 0.251 e. The van der Waals surface area contributed by atoms with Gasteiger partial charge in [-0.2, -0.15) is 0 Å². The highest BCUT2D eigenvalue weighted by Crippen LogP contribution is 2.32. The number of nitrogens with zero attached hydrogens (tertiary/aromatic N) is 1. The average Bonchev–Trinajstić information content (AvgIpc) is 3.40. The number of benzene rings is 2. The van der Waals surface area contributed by atoms with Crippen molar-refractivity contribution in [3.05, 3.63) is 64.8 Å².